The molecule has 0 unspecified atom stereocenters. The molecule has 0 saturated carbocycles. The number of ether oxygens (including phenoxy) is 1. The Balaban J connectivity index is 2.14. The summed E-state index contributed by atoms with van der Waals surface area (Å²) in [5, 5.41) is 4.24. The van der Waals surface area contributed by atoms with Crippen LogP contribution < -0.4 is 10.1 Å². The summed E-state index contributed by atoms with van der Waals surface area (Å²) in [4.78, 5) is 0. The van der Waals surface area contributed by atoms with Crippen LogP contribution in [0.5, 0.6) is 5.75 Å². The van der Waals surface area contributed by atoms with E-state index in [1.54, 1.807) is 7.11 Å². The SMILES string of the molecule is COc1ccc([C@@H](Cc2ccc(Cl)cc2)NCCCl)cc1. The first kappa shape index (κ1) is 16.2. The molecule has 2 aromatic carbocycles. The maximum absolute atomic E-state index is 5.94. The number of halogens is 2. The van der Waals surface area contributed by atoms with E-state index in [0.717, 1.165) is 23.7 Å². The molecule has 0 saturated heterocycles. The second kappa shape index (κ2) is 8.28. The third kappa shape index (κ3) is 4.92. The van der Waals surface area contributed by atoms with E-state index in [2.05, 4.69) is 29.6 Å². The van der Waals surface area contributed by atoms with Gasteiger partial charge < -0.3 is 10.1 Å². The summed E-state index contributed by atoms with van der Waals surface area (Å²) >= 11 is 11.7. The van der Waals surface area contributed by atoms with Gasteiger partial charge in [-0.25, -0.2) is 0 Å². The molecule has 0 radical (unpaired) electrons. The van der Waals surface area contributed by atoms with Gasteiger partial charge in [0.2, 0.25) is 0 Å². The molecule has 2 nitrogen and oxygen atoms in total. The van der Waals surface area contributed by atoms with Gasteiger partial charge in [-0.05, 0) is 41.8 Å². The molecular formula is C17H19Cl2NO. The molecule has 0 amide bonds. The van der Waals surface area contributed by atoms with Crippen LogP contribution in [0.1, 0.15) is 17.2 Å². The van der Waals surface area contributed by atoms with E-state index in [-0.39, 0.29) is 6.04 Å². The lowest BCUT2D eigenvalue weighted by atomic mass is 9.99. The van der Waals surface area contributed by atoms with E-state index < -0.39 is 0 Å². The van der Waals surface area contributed by atoms with E-state index in [4.69, 9.17) is 27.9 Å². The number of methoxy groups -OCH3 is 1. The second-order valence-corrected chi connectivity index (χ2v) is 5.61. The Morgan fingerprint density at radius 3 is 2.29 bits per heavy atom. The van der Waals surface area contributed by atoms with Crippen molar-refractivity contribution in [3.8, 4) is 5.75 Å². The van der Waals surface area contributed by atoms with Crippen LogP contribution in [0, 0.1) is 0 Å². The normalized spacial score (nSPS) is 12.1. The van der Waals surface area contributed by atoms with Crippen molar-refractivity contribution in [3.63, 3.8) is 0 Å². The lowest BCUT2D eigenvalue weighted by Crippen LogP contribution is -2.25. The lowest BCUT2D eigenvalue weighted by molar-refractivity contribution is 0.414. The molecule has 0 aliphatic rings. The van der Waals surface area contributed by atoms with Gasteiger partial charge >= 0.3 is 0 Å². The summed E-state index contributed by atoms with van der Waals surface area (Å²) in [7, 11) is 1.67. The molecule has 0 aliphatic carbocycles. The topological polar surface area (TPSA) is 21.3 Å². The van der Waals surface area contributed by atoms with Gasteiger partial charge in [-0.2, -0.15) is 0 Å². The summed E-state index contributed by atoms with van der Waals surface area (Å²) in [6, 6.07) is 16.3. The van der Waals surface area contributed by atoms with E-state index >= 15 is 0 Å². The predicted molar refractivity (Wildman–Crippen MR) is 89.6 cm³/mol. The van der Waals surface area contributed by atoms with Crippen LogP contribution in [0.2, 0.25) is 5.02 Å². The van der Waals surface area contributed by atoms with Crippen molar-refractivity contribution in [2.45, 2.75) is 12.5 Å². The molecule has 0 bridgehead atoms. The standard InChI is InChI=1S/C17H19Cl2NO/c1-21-16-8-4-14(5-9-16)17(20-11-10-18)12-13-2-6-15(19)7-3-13/h2-9,17,20H,10-12H2,1H3/t17-/m1/s1. The number of hydrogen-bond acceptors (Lipinski definition) is 2. The zero-order valence-electron chi connectivity index (χ0n) is 12.0. The third-order valence-electron chi connectivity index (χ3n) is 3.36. The highest BCUT2D eigenvalue weighted by molar-refractivity contribution is 6.30. The van der Waals surface area contributed by atoms with E-state index in [1.165, 1.54) is 11.1 Å². The molecule has 1 atom stereocenters. The second-order valence-electron chi connectivity index (χ2n) is 4.80. The van der Waals surface area contributed by atoms with Crippen LogP contribution in [-0.4, -0.2) is 19.5 Å². The molecule has 0 aromatic heterocycles. The Labute approximate surface area is 136 Å². The number of rotatable bonds is 7. The molecule has 2 aromatic rings. The lowest BCUT2D eigenvalue weighted by Gasteiger charge is -2.19. The average molecular weight is 324 g/mol. The molecular weight excluding hydrogens is 305 g/mol. The Hall–Kier alpha value is -1.22. The molecule has 0 aliphatic heterocycles. The Kier molecular flexibility index (Phi) is 6.37. The van der Waals surface area contributed by atoms with Crippen molar-refractivity contribution in [2.75, 3.05) is 19.5 Å². The van der Waals surface area contributed by atoms with Gasteiger partial charge in [0, 0.05) is 23.5 Å². The Bertz CT molecular complexity index is 540. The smallest absolute Gasteiger partial charge is 0.118 e. The Morgan fingerprint density at radius 1 is 1.05 bits per heavy atom. The van der Waals surface area contributed by atoms with E-state index in [9.17, 15) is 0 Å². The number of alkyl halides is 1. The first-order valence-corrected chi connectivity index (χ1v) is 7.82. The van der Waals surface area contributed by atoms with E-state index in [1.807, 2.05) is 24.3 Å². The molecule has 4 heteroatoms. The third-order valence-corrected chi connectivity index (χ3v) is 3.80. The number of hydrogen-bond donors (Lipinski definition) is 1. The van der Waals surface area contributed by atoms with Gasteiger partial charge in [-0.1, -0.05) is 35.9 Å². The maximum Gasteiger partial charge on any atom is 0.118 e. The minimum atomic E-state index is 0.218. The van der Waals surface area contributed by atoms with Crippen LogP contribution in [-0.2, 0) is 6.42 Å². The molecule has 21 heavy (non-hydrogen) atoms. The monoisotopic (exact) mass is 323 g/mol. The van der Waals surface area contributed by atoms with E-state index in [0.29, 0.717) is 5.88 Å². The van der Waals surface area contributed by atoms with Crippen molar-refractivity contribution in [2.24, 2.45) is 0 Å². The van der Waals surface area contributed by atoms with Crippen LogP contribution in [0.15, 0.2) is 48.5 Å². The first-order chi connectivity index (χ1) is 10.2. The van der Waals surface area contributed by atoms with Crippen molar-refractivity contribution < 1.29 is 4.74 Å². The van der Waals surface area contributed by atoms with Crippen LogP contribution in [0.4, 0.5) is 0 Å². The molecule has 1 N–H and O–H groups in total. The van der Waals surface area contributed by atoms with Crippen LogP contribution in [0.3, 0.4) is 0 Å². The largest absolute Gasteiger partial charge is 0.497 e. The van der Waals surface area contributed by atoms with Crippen molar-refractivity contribution in [1.82, 2.24) is 5.32 Å². The number of benzene rings is 2. The van der Waals surface area contributed by atoms with Crippen molar-refractivity contribution in [1.29, 1.82) is 0 Å². The van der Waals surface area contributed by atoms with Gasteiger partial charge in [0.15, 0.2) is 0 Å². The highest BCUT2D eigenvalue weighted by Gasteiger charge is 2.12. The van der Waals surface area contributed by atoms with Gasteiger partial charge in [-0.3, -0.25) is 0 Å². The highest BCUT2D eigenvalue weighted by Crippen LogP contribution is 2.22. The van der Waals surface area contributed by atoms with Crippen LogP contribution >= 0.6 is 23.2 Å². The minimum Gasteiger partial charge on any atom is -0.497 e. The molecule has 0 spiro atoms. The molecule has 112 valence electrons. The number of nitrogens with one attached hydrogen (secondary N) is 1. The predicted octanol–water partition coefficient (Wildman–Crippen LogP) is 4.46. The molecule has 2 rings (SSSR count). The van der Waals surface area contributed by atoms with Gasteiger partial charge in [-0.15, -0.1) is 11.6 Å². The summed E-state index contributed by atoms with van der Waals surface area (Å²) in [6.45, 7) is 0.770. The fraction of sp³-hybridized carbons (Fsp3) is 0.294. The van der Waals surface area contributed by atoms with Crippen molar-refractivity contribution in [3.05, 3.63) is 64.7 Å². The van der Waals surface area contributed by atoms with Gasteiger partial charge in [0.25, 0.3) is 0 Å². The summed E-state index contributed by atoms with van der Waals surface area (Å²) in [5.41, 5.74) is 2.46. The molecule has 0 fully saturated rings. The van der Waals surface area contributed by atoms with Crippen LogP contribution in [0.25, 0.3) is 0 Å². The zero-order chi connectivity index (χ0) is 15.1. The summed E-state index contributed by atoms with van der Waals surface area (Å²) in [6.07, 6.45) is 0.889. The van der Waals surface area contributed by atoms with Gasteiger partial charge in [0.05, 0.1) is 7.11 Å². The fourth-order valence-electron chi connectivity index (χ4n) is 2.23. The quantitative estimate of drug-likeness (QED) is 0.759. The highest BCUT2D eigenvalue weighted by atomic mass is 35.5. The molecule has 0 heterocycles. The maximum atomic E-state index is 5.94. The van der Waals surface area contributed by atoms with Gasteiger partial charge in [0.1, 0.15) is 5.75 Å². The van der Waals surface area contributed by atoms with Crippen molar-refractivity contribution >= 4 is 23.2 Å². The Morgan fingerprint density at radius 2 is 1.71 bits per heavy atom. The fourth-order valence-corrected chi connectivity index (χ4v) is 2.46. The first-order valence-electron chi connectivity index (χ1n) is 6.90. The zero-order valence-corrected chi connectivity index (χ0v) is 13.5. The summed E-state index contributed by atoms with van der Waals surface area (Å²) in [5.74, 6) is 1.45. The summed E-state index contributed by atoms with van der Waals surface area (Å²) < 4.78 is 5.21. The minimum absolute atomic E-state index is 0.218. The average Bonchev–Trinajstić information content (AvgIpc) is 2.53.